The second-order valence-corrected chi connectivity index (χ2v) is 7.51. The fourth-order valence-electron chi connectivity index (χ4n) is 2.49. The monoisotopic (exact) mass is 310 g/mol. The summed E-state index contributed by atoms with van der Waals surface area (Å²) in [5.41, 5.74) is 1.65. The lowest BCUT2D eigenvalue weighted by atomic mass is 9.83. The highest BCUT2D eigenvalue weighted by atomic mass is 32.1. The minimum absolute atomic E-state index is 0.100. The maximum Gasteiger partial charge on any atom is 0.304 e. The number of anilines is 1. The fourth-order valence-corrected chi connectivity index (χ4v) is 3.59. The zero-order valence-corrected chi connectivity index (χ0v) is 13.7. The molecular formula is C15H22N2O3S. The maximum atomic E-state index is 11.2. The third-order valence-corrected chi connectivity index (χ3v) is 5.14. The topological polar surface area (TPSA) is 66.6 Å². The van der Waals surface area contributed by atoms with Crippen molar-refractivity contribution >= 4 is 22.0 Å². The molecule has 0 bridgehead atoms. The van der Waals surface area contributed by atoms with Crippen LogP contribution in [-0.4, -0.2) is 23.1 Å². The van der Waals surface area contributed by atoms with Gasteiger partial charge >= 0.3 is 5.69 Å². The standard InChI is InChI=1S/C15H22N2O3S/c1-10(18)13-9-12(17(19)20)14(21-13)16-7-5-11(6-8-16)15(2,3)4/h5,9-10,18H,6-8H2,1-4H3/t10-/m1/s1. The van der Waals surface area contributed by atoms with Crippen LogP contribution in [0.3, 0.4) is 0 Å². The van der Waals surface area contributed by atoms with E-state index in [0.29, 0.717) is 16.4 Å². The normalized spacial score (nSPS) is 17.6. The second kappa shape index (κ2) is 5.77. The van der Waals surface area contributed by atoms with Crippen molar-refractivity contribution in [3.05, 3.63) is 32.7 Å². The van der Waals surface area contributed by atoms with Gasteiger partial charge in [-0.1, -0.05) is 32.4 Å². The van der Waals surface area contributed by atoms with E-state index in [1.807, 2.05) is 4.90 Å². The highest BCUT2D eigenvalue weighted by Gasteiger charge is 2.28. The molecule has 21 heavy (non-hydrogen) atoms. The minimum Gasteiger partial charge on any atom is -0.388 e. The lowest BCUT2D eigenvalue weighted by molar-refractivity contribution is -0.383. The van der Waals surface area contributed by atoms with Crippen LogP contribution < -0.4 is 4.90 Å². The van der Waals surface area contributed by atoms with Crippen molar-refractivity contribution in [1.29, 1.82) is 0 Å². The number of nitrogens with zero attached hydrogens (tertiary/aromatic N) is 2. The summed E-state index contributed by atoms with van der Waals surface area (Å²) >= 11 is 1.32. The van der Waals surface area contributed by atoms with Gasteiger partial charge in [0.25, 0.3) is 0 Å². The lowest BCUT2D eigenvalue weighted by Crippen LogP contribution is -2.31. The number of aliphatic hydroxyl groups is 1. The molecule has 1 aromatic rings. The second-order valence-electron chi connectivity index (χ2n) is 6.45. The first-order chi connectivity index (χ1) is 9.70. The van der Waals surface area contributed by atoms with E-state index < -0.39 is 6.10 Å². The highest BCUT2D eigenvalue weighted by molar-refractivity contribution is 7.16. The van der Waals surface area contributed by atoms with Gasteiger partial charge in [0, 0.05) is 24.0 Å². The number of hydrogen-bond acceptors (Lipinski definition) is 5. The minimum atomic E-state index is -0.673. The maximum absolute atomic E-state index is 11.2. The molecule has 2 rings (SSSR count). The predicted octanol–water partition coefficient (Wildman–Crippen LogP) is 3.89. The van der Waals surface area contributed by atoms with Gasteiger partial charge in [-0.25, -0.2) is 0 Å². The summed E-state index contributed by atoms with van der Waals surface area (Å²) in [5.74, 6) is 0. The van der Waals surface area contributed by atoms with Crippen LogP contribution in [-0.2, 0) is 0 Å². The Bertz CT molecular complexity index is 570. The molecule has 1 N–H and O–H groups in total. The van der Waals surface area contributed by atoms with Gasteiger partial charge in [-0.2, -0.15) is 0 Å². The van der Waals surface area contributed by atoms with E-state index in [-0.39, 0.29) is 16.0 Å². The predicted molar refractivity (Wildman–Crippen MR) is 86.0 cm³/mol. The molecule has 1 atom stereocenters. The Hall–Kier alpha value is -1.40. The molecule has 0 saturated heterocycles. The largest absolute Gasteiger partial charge is 0.388 e. The van der Waals surface area contributed by atoms with Gasteiger partial charge < -0.3 is 10.0 Å². The molecule has 0 spiro atoms. The van der Waals surface area contributed by atoms with Gasteiger partial charge in [-0.3, -0.25) is 10.1 Å². The van der Waals surface area contributed by atoms with Gasteiger partial charge in [0.1, 0.15) is 0 Å². The molecule has 0 fully saturated rings. The van der Waals surface area contributed by atoms with Crippen LogP contribution >= 0.6 is 11.3 Å². The summed E-state index contributed by atoms with van der Waals surface area (Å²) in [4.78, 5) is 13.5. The van der Waals surface area contributed by atoms with E-state index in [0.717, 1.165) is 13.0 Å². The van der Waals surface area contributed by atoms with E-state index >= 15 is 0 Å². The van der Waals surface area contributed by atoms with Crippen LogP contribution in [0.15, 0.2) is 17.7 Å². The molecule has 6 heteroatoms. The molecule has 2 heterocycles. The molecular weight excluding hydrogens is 288 g/mol. The van der Waals surface area contributed by atoms with Crippen molar-refractivity contribution in [3.63, 3.8) is 0 Å². The van der Waals surface area contributed by atoms with Gasteiger partial charge in [0.15, 0.2) is 5.00 Å². The summed E-state index contributed by atoms with van der Waals surface area (Å²) in [6.07, 6.45) is 2.42. The SMILES string of the molecule is C[C@@H](O)c1cc([N+](=O)[O-])c(N2CC=C(C(C)(C)C)CC2)s1. The third-order valence-electron chi connectivity index (χ3n) is 3.78. The van der Waals surface area contributed by atoms with Crippen molar-refractivity contribution in [2.45, 2.75) is 40.2 Å². The van der Waals surface area contributed by atoms with Crippen LogP contribution in [0.25, 0.3) is 0 Å². The number of rotatable bonds is 3. The average Bonchev–Trinajstić information content (AvgIpc) is 2.83. The van der Waals surface area contributed by atoms with Crippen molar-refractivity contribution in [2.24, 2.45) is 5.41 Å². The van der Waals surface area contributed by atoms with Gasteiger partial charge in [0.05, 0.1) is 11.0 Å². The van der Waals surface area contributed by atoms with Crippen molar-refractivity contribution in [2.75, 3.05) is 18.0 Å². The fraction of sp³-hybridized carbons (Fsp3) is 0.600. The molecule has 116 valence electrons. The smallest absolute Gasteiger partial charge is 0.304 e. The van der Waals surface area contributed by atoms with Crippen molar-refractivity contribution in [1.82, 2.24) is 0 Å². The van der Waals surface area contributed by atoms with E-state index in [2.05, 4.69) is 26.8 Å². The Balaban J connectivity index is 2.28. The van der Waals surface area contributed by atoms with Crippen LogP contribution in [0.1, 0.15) is 45.1 Å². The first-order valence-electron chi connectivity index (χ1n) is 7.11. The van der Waals surface area contributed by atoms with Gasteiger partial charge in [-0.05, 0) is 18.8 Å². The van der Waals surface area contributed by atoms with Crippen LogP contribution in [0, 0.1) is 15.5 Å². The van der Waals surface area contributed by atoms with E-state index in [4.69, 9.17) is 0 Å². The van der Waals surface area contributed by atoms with E-state index in [1.54, 1.807) is 6.92 Å². The molecule has 0 aromatic carbocycles. The first kappa shape index (κ1) is 16.0. The van der Waals surface area contributed by atoms with Crippen molar-refractivity contribution < 1.29 is 10.0 Å². The number of hydrogen-bond donors (Lipinski definition) is 1. The summed E-state index contributed by atoms with van der Waals surface area (Å²) in [6.45, 7) is 9.67. The van der Waals surface area contributed by atoms with Crippen LogP contribution in [0.5, 0.6) is 0 Å². The Morgan fingerprint density at radius 3 is 2.57 bits per heavy atom. The molecule has 5 nitrogen and oxygen atoms in total. The molecule has 0 radical (unpaired) electrons. The summed E-state index contributed by atoms with van der Waals surface area (Å²) in [7, 11) is 0. The Morgan fingerprint density at radius 2 is 2.14 bits per heavy atom. The average molecular weight is 310 g/mol. The Kier molecular flexibility index (Phi) is 4.39. The lowest BCUT2D eigenvalue weighted by Gasteiger charge is -2.32. The molecule has 0 aliphatic carbocycles. The van der Waals surface area contributed by atoms with Gasteiger partial charge in [-0.15, -0.1) is 11.3 Å². The summed E-state index contributed by atoms with van der Waals surface area (Å²) in [5, 5.41) is 21.5. The number of nitro groups is 1. The quantitative estimate of drug-likeness (QED) is 0.522. The zero-order chi connectivity index (χ0) is 15.8. The highest BCUT2D eigenvalue weighted by Crippen LogP contribution is 2.42. The van der Waals surface area contributed by atoms with E-state index in [9.17, 15) is 15.2 Å². The number of aliphatic hydroxyl groups excluding tert-OH is 1. The molecule has 0 unspecified atom stereocenters. The first-order valence-corrected chi connectivity index (χ1v) is 7.92. The van der Waals surface area contributed by atoms with E-state index in [1.165, 1.54) is 23.0 Å². The van der Waals surface area contributed by atoms with Crippen molar-refractivity contribution in [3.8, 4) is 0 Å². The van der Waals surface area contributed by atoms with Crippen LogP contribution in [0.2, 0.25) is 0 Å². The molecule has 1 aliphatic heterocycles. The molecule has 1 aromatic heterocycles. The van der Waals surface area contributed by atoms with Gasteiger partial charge in [0.2, 0.25) is 0 Å². The summed E-state index contributed by atoms with van der Waals surface area (Å²) in [6, 6.07) is 1.49. The number of thiophene rings is 1. The Labute approximate surface area is 129 Å². The Morgan fingerprint density at radius 1 is 1.48 bits per heavy atom. The molecule has 0 amide bonds. The third kappa shape index (κ3) is 3.44. The summed E-state index contributed by atoms with van der Waals surface area (Å²) < 4.78 is 0. The molecule has 0 saturated carbocycles. The zero-order valence-electron chi connectivity index (χ0n) is 12.9. The molecule has 1 aliphatic rings. The van der Waals surface area contributed by atoms with Crippen LogP contribution in [0.4, 0.5) is 10.7 Å².